The summed E-state index contributed by atoms with van der Waals surface area (Å²) in [5.74, 6) is 0.982. The van der Waals surface area contributed by atoms with Crippen LogP contribution in [0.5, 0.6) is 5.75 Å². The number of halogens is 2. The first-order chi connectivity index (χ1) is 15.0. The minimum Gasteiger partial charge on any atom is -0.435 e. The lowest BCUT2D eigenvalue weighted by molar-refractivity contribution is -0.0499. The summed E-state index contributed by atoms with van der Waals surface area (Å²) in [4.78, 5) is 24.7. The largest absolute Gasteiger partial charge is 0.435 e. The summed E-state index contributed by atoms with van der Waals surface area (Å²) in [5.41, 5.74) is 1.77. The van der Waals surface area contributed by atoms with E-state index < -0.39 is 6.61 Å². The Morgan fingerprint density at radius 3 is 2.94 bits per heavy atom. The molecule has 0 radical (unpaired) electrons. The Bertz CT molecular complexity index is 988. The number of alkyl halides is 2. The zero-order chi connectivity index (χ0) is 21.8. The molecule has 2 heterocycles. The molecule has 0 fully saturated rings. The molecule has 2 aromatic rings. The van der Waals surface area contributed by atoms with Gasteiger partial charge in [-0.05, 0) is 61.8 Å². The van der Waals surface area contributed by atoms with Gasteiger partial charge < -0.3 is 15.4 Å². The van der Waals surface area contributed by atoms with Crippen LogP contribution in [0.1, 0.15) is 55.1 Å². The Balaban J connectivity index is 1.26. The van der Waals surface area contributed by atoms with E-state index in [0.717, 1.165) is 62.0 Å². The van der Waals surface area contributed by atoms with Crippen LogP contribution >= 0.6 is 0 Å². The maximum Gasteiger partial charge on any atom is 0.387 e. The number of ether oxygens (including phenoxy) is 1. The fraction of sp³-hybridized carbons (Fsp3) is 0.571. The number of nitrogens with zero attached hydrogens (tertiary/aromatic N) is 3. The number of aromatic nitrogens is 3. The summed E-state index contributed by atoms with van der Waals surface area (Å²) in [6.45, 7) is -1.25. The van der Waals surface area contributed by atoms with Crippen molar-refractivity contribution >= 4 is 6.03 Å². The van der Waals surface area contributed by atoms with Crippen LogP contribution in [0.3, 0.4) is 0 Å². The van der Waals surface area contributed by atoms with Crippen LogP contribution in [0.2, 0.25) is 0 Å². The van der Waals surface area contributed by atoms with Gasteiger partial charge in [-0.25, -0.2) is 14.3 Å². The predicted molar refractivity (Wildman–Crippen MR) is 109 cm³/mol. The standard InChI is InChI=1S/C21H27F2N5O3/c22-19(23)31-15-8-9-16-14(13-15)5-3-6-17(16)25-20(29)24-10-4-12-28-21(30)27-11-2-1-7-18(27)26-28/h8-9,13,17,19H,1-7,10-12H2,(H2,24,25,29). The molecule has 2 N–H and O–H groups in total. The molecule has 1 aliphatic heterocycles. The number of urea groups is 1. The summed E-state index contributed by atoms with van der Waals surface area (Å²) < 4.78 is 32.5. The van der Waals surface area contributed by atoms with Crippen LogP contribution in [0, 0.1) is 0 Å². The topological polar surface area (TPSA) is 90.2 Å². The molecule has 1 unspecified atom stereocenters. The normalized spacial score (nSPS) is 17.7. The second-order valence-electron chi connectivity index (χ2n) is 7.97. The van der Waals surface area contributed by atoms with Crippen LogP contribution in [0.15, 0.2) is 23.0 Å². The van der Waals surface area contributed by atoms with E-state index in [0.29, 0.717) is 19.5 Å². The van der Waals surface area contributed by atoms with E-state index in [-0.39, 0.29) is 23.5 Å². The van der Waals surface area contributed by atoms with Crippen LogP contribution in [-0.2, 0) is 25.9 Å². The average Bonchev–Trinajstić information content (AvgIpc) is 3.07. The second kappa shape index (κ2) is 9.49. The first-order valence-electron chi connectivity index (χ1n) is 10.8. The molecule has 10 heteroatoms. The highest BCUT2D eigenvalue weighted by Crippen LogP contribution is 2.32. The number of fused-ring (bicyclic) bond motifs is 2. The van der Waals surface area contributed by atoms with Crippen molar-refractivity contribution in [3.8, 4) is 5.75 Å². The third-order valence-corrected chi connectivity index (χ3v) is 5.82. The second-order valence-corrected chi connectivity index (χ2v) is 7.97. The molecule has 1 aliphatic carbocycles. The van der Waals surface area contributed by atoms with Gasteiger partial charge in [-0.1, -0.05) is 6.07 Å². The monoisotopic (exact) mass is 435 g/mol. The van der Waals surface area contributed by atoms with Crippen molar-refractivity contribution in [2.24, 2.45) is 0 Å². The Labute approximate surface area is 178 Å². The maximum absolute atomic E-state index is 12.4. The van der Waals surface area contributed by atoms with E-state index in [9.17, 15) is 18.4 Å². The minimum atomic E-state index is -2.86. The van der Waals surface area contributed by atoms with E-state index in [4.69, 9.17) is 0 Å². The maximum atomic E-state index is 12.4. The molecule has 168 valence electrons. The Morgan fingerprint density at radius 1 is 1.26 bits per heavy atom. The molecule has 1 aromatic carbocycles. The van der Waals surface area contributed by atoms with Crippen LogP contribution in [0.25, 0.3) is 0 Å². The lowest BCUT2D eigenvalue weighted by Gasteiger charge is -2.27. The summed E-state index contributed by atoms with van der Waals surface area (Å²) in [6.07, 6.45) is 5.89. The van der Waals surface area contributed by atoms with E-state index >= 15 is 0 Å². The predicted octanol–water partition coefficient (Wildman–Crippen LogP) is 2.75. The van der Waals surface area contributed by atoms with Crippen molar-refractivity contribution in [1.29, 1.82) is 0 Å². The van der Waals surface area contributed by atoms with Crippen molar-refractivity contribution < 1.29 is 18.3 Å². The van der Waals surface area contributed by atoms with Crippen LogP contribution in [0.4, 0.5) is 13.6 Å². The summed E-state index contributed by atoms with van der Waals surface area (Å²) >= 11 is 0. The number of amides is 2. The highest BCUT2D eigenvalue weighted by atomic mass is 19.3. The Hall–Kier alpha value is -2.91. The van der Waals surface area contributed by atoms with E-state index in [1.54, 1.807) is 16.7 Å². The van der Waals surface area contributed by atoms with Gasteiger partial charge in [0.15, 0.2) is 0 Å². The van der Waals surface area contributed by atoms with Gasteiger partial charge in [0.25, 0.3) is 0 Å². The van der Waals surface area contributed by atoms with Crippen molar-refractivity contribution in [2.75, 3.05) is 6.54 Å². The summed E-state index contributed by atoms with van der Waals surface area (Å²) in [7, 11) is 0. The highest BCUT2D eigenvalue weighted by molar-refractivity contribution is 5.74. The third kappa shape index (κ3) is 5.05. The number of carbonyl (C=O) groups excluding carboxylic acids is 1. The van der Waals surface area contributed by atoms with Gasteiger partial charge >= 0.3 is 18.3 Å². The number of carbonyl (C=O) groups is 1. The molecule has 31 heavy (non-hydrogen) atoms. The minimum absolute atomic E-state index is 0.0758. The molecule has 2 aliphatic rings. The fourth-order valence-electron chi connectivity index (χ4n) is 4.35. The van der Waals surface area contributed by atoms with Gasteiger partial charge in [-0.3, -0.25) is 4.57 Å². The van der Waals surface area contributed by atoms with E-state index in [2.05, 4.69) is 20.5 Å². The van der Waals surface area contributed by atoms with Crippen molar-refractivity contribution in [3.05, 3.63) is 45.6 Å². The number of benzene rings is 1. The fourth-order valence-corrected chi connectivity index (χ4v) is 4.35. The molecule has 1 aromatic heterocycles. The first kappa shape index (κ1) is 21.3. The average molecular weight is 435 g/mol. The molecule has 4 rings (SSSR count). The van der Waals surface area contributed by atoms with E-state index in [1.165, 1.54) is 10.7 Å². The number of rotatable bonds is 7. The van der Waals surface area contributed by atoms with Crippen LogP contribution < -0.4 is 21.1 Å². The van der Waals surface area contributed by atoms with Gasteiger partial charge in [-0.2, -0.15) is 13.9 Å². The molecule has 0 spiro atoms. The van der Waals surface area contributed by atoms with Gasteiger partial charge in [0.1, 0.15) is 11.6 Å². The highest BCUT2D eigenvalue weighted by Gasteiger charge is 2.23. The van der Waals surface area contributed by atoms with Crippen molar-refractivity contribution in [2.45, 2.75) is 70.7 Å². The molecule has 0 saturated heterocycles. The zero-order valence-corrected chi connectivity index (χ0v) is 17.3. The third-order valence-electron chi connectivity index (χ3n) is 5.82. The molecule has 0 saturated carbocycles. The van der Waals surface area contributed by atoms with Gasteiger partial charge in [0.2, 0.25) is 0 Å². The summed E-state index contributed by atoms with van der Waals surface area (Å²) in [5, 5.41) is 10.2. The summed E-state index contributed by atoms with van der Waals surface area (Å²) in [6, 6.07) is 4.40. The number of hydrogen-bond acceptors (Lipinski definition) is 4. The first-order valence-corrected chi connectivity index (χ1v) is 10.8. The zero-order valence-electron chi connectivity index (χ0n) is 17.3. The lowest BCUT2D eigenvalue weighted by Crippen LogP contribution is -2.39. The van der Waals surface area contributed by atoms with Crippen molar-refractivity contribution in [1.82, 2.24) is 25.0 Å². The van der Waals surface area contributed by atoms with Gasteiger partial charge in [0.05, 0.1) is 6.04 Å². The molecular formula is C21H27F2N5O3. The van der Waals surface area contributed by atoms with E-state index in [1.807, 2.05) is 0 Å². The van der Waals surface area contributed by atoms with Crippen LogP contribution in [-0.4, -0.2) is 33.5 Å². The Morgan fingerprint density at radius 2 is 2.13 bits per heavy atom. The molecule has 8 nitrogen and oxygen atoms in total. The SMILES string of the molecule is O=C(NCCCn1nc2n(c1=O)CCCC2)NC1CCCc2cc(OC(F)F)ccc21. The lowest BCUT2D eigenvalue weighted by atomic mass is 9.87. The number of hydrogen-bond donors (Lipinski definition) is 2. The molecule has 1 atom stereocenters. The van der Waals surface area contributed by atoms with Gasteiger partial charge in [0, 0.05) is 26.1 Å². The number of aryl methyl sites for hydroxylation is 3. The molecule has 2 amide bonds. The number of nitrogens with one attached hydrogen (secondary N) is 2. The van der Waals surface area contributed by atoms with Crippen molar-refractivity contribution in [3.63, 3.8) is 0 Å². The quantitative estimate of drug-likeness (QED) is 0.655. The Kier molecular flexibility index (Phi) is 6.53. The van der Waals surface area contributed by atoms with Gasteiger partial charge in [-0.15, -0.1) is 0 Å². The molecule has 0 bridgehead atoms. The molecular weight excluding hydrogens is 408 g/mol. The smallest absolute Gasteiger partial charge is 0.387 e.